The van der Waals surface area contributed by atoms with Gasteiger partial charge in [-0.1, -0.05) is 5.16 Å². The highest BCUT2D eigenvalue weighted by Crippen LogP contribution is 2.20. The van der Waals surface area contributed by atoms with E-state index in [1.165, 1.54) is 24.2 Å². The first-order valence-corrected chi connectivity index (χ1v) is 5.65. The van der Waals surface area contributed by atoms with Crippen molar-refractivity contribution in [2.24, 2.45) is 0 Å². The van der Waals surface area contributed by atoms with Crippen LogP contribution in [0.25, 0.3) is 0 Å². The molecule has 0 atom stereocenters. The van der Waals surface area contributed by atoms with Gasteiger partial charge in [0.25, 0.3) is 0 Å². The lowest BCUT2D eigenvalue weighted by Gasteiger charge is -2.12. The van der Waals surface area contributed by atoms with Crippen molar-refractivity contribution in [3.63, 3.8) is 0 Å². The summed E-state index contributed by atoms with van der Waals surface area (Å²) in [6, 6.07) is 0. The molecule has 0 amide bonds. The Balaban J connectivity index is 1.87. The fourth-order valence-corrected chi connectivity index (χ4v) is 2.22. The Morgan fingerprint density at radius 1 is 1.38 bits per heavy atom. The molecule has 5 heteroatoms. The Morgan fingerprint density at radius 3 is 3.06 bits per heavy atom. The minimum Gasteiger partial charge on any atom is -0.337 e. The summed E-state index contributed by atoms with van der Waals surface area (Å²) in [6.45, 7) is 2.47. The second-order valence-corrected chi connectivity index (χ2v) is 4.21. The number of rotatable bonds is 2. The van der Waals surface area contributed by atoms with E-state index in [1.807, 2.05) is 13.3 Å². The molecule has 0 saturated heterocycles. The fraction of sp³-hybridized carbons (Fsp3) is 0.545. The molecule has 0 bridgehead atoms. The van der Waals surface area contributed by atoms with Crippen LogP contribution in [0.1, 0.15) is 35.9 Å². The molecular weight excluding hydrogens is 204 g/mol. The van der Waals surface area contributed by atoms with Gasteiger partial charge in [-0.2, -0.15) is 4.98 Å². The number of aromatic nitrogens is 4. The lowest BCUT2D eigenvalue weighted by molar-refractivity contribution is 0.366. The van der Waals surface area contributed by atoms with Crippen LogP contribution in [0.2, 0.25) is 0 Å². The van der Waals surface area contributed by atoms with E-state index in [2.05, 4.69) is 19.7 Å². The van der Waals surface area contributed by atoms with E-state index < -0.39 is 0 Å². The number of imidazole rings is 1. The predicted octanol–water partition coefficient (Wildman–Crippen LogP) is 1.50. The summed E-state index contributed by atoms with van der Waals surface area (Å²) in [5.74, 6) is 1.34. The van der Waals surface area contributed by atoms with E-state index in [4.69, 9.17) is 4.52 Å². The van der Waals surface area contributed by atoms with Gasteiger partial charge in [0, 0.05) is 5.69 Å². The second kappa shape index (κ2) is 3.73. The van der Waals surface area contributed by atoms with Gasteiger partial charge in [0.05, 0.1) is 12.0 Å². The van der Waals surface area contributed by atoms with E-state index in [-0.39, 0.29) is 0 Å². The molecular formula is C11H14N4O. The van der Waals surface area contributed by atoms with Gasteiger partial charge in [-0.3, -0.25) is 0 Å². The first kappa shape index (κ1) is 9.57. The van der Waals surface area contributed by atoms with Gasteiger partial charge >= 0.3 is 0 Å². The van der Waals surface area contributed by atoms with Crippen LogP contribution >= 0.6 is 0 Å². The predicted molar refractivity (Wildman–Crippen MR) is 57.0 cm³/mol. The number of hydrogen-bond acceptors (Lipinski definition) is 4. The summed E-state index contributed by atoms with van der Waals surface area (Å²) in [6.07, 6.45) is 6.61. The van der Waals surface area contributed by atoms with Gasteiger partial charge in [-0.05, 0) is 32.6 Å². The highest BCUT2D eigenvalue weighted by Gasteiger charge is 2.16. The molecule has 0 radical (unpaired) electrons. The van der Waals surface area contributed by atoms with E-state index in [0.717, 1.165) is 12.8 Å². The lowest BCUT2D eigenvalue weighted by Crippen LogP contribution is -2.09. The molecule has 0 N–H and O–H groups in total. The summed E-state index contributed by atoms with van der Waals surface area (Å²) < 4.78 is 7.25. The van der Waals surface area contributed by atoms with Gasteiger partial charge in [0.1, 0.15) is 6.54 Å². The third kappa shape index (κ3) is 1.62. The molecule has 2 aromatic heterocycles. The zero-order valence-corrected chi connectivity index (χ0v) is 9.31. The van der Waals surface area contributed by atoms with Gasteiger partial charge in [-0.15, -0.1) is 0 Å². The van der Waals surface area contributed by atoms with Crippen molar-refractivity contribution in [2.45, 2.75) is 39.2 Å². The normalized spacial score (nSPS) is 15.1. The maximum atomic E-state index is 5.12. The third-order valence-corrected chi connectivity index (χ3v) is 2.99. The van der Waals surface area contributed by atoms with E-state index in [9.17, 15) is 0 Å². The van der Waals surface area contributed by atoms with Gasteiger partial charge in [-0.25, -0.2) is 4.98 Å². The molecule has 0 saturated carbocycles. The molecule has 1 aliphatic carbocycles. The first-order chi connectivity index (χ1) is 7.83. The molecule has 5 nitrogen and oxygen atoms in total. The van der Waals surface area contributed by atoms with Crippen molar-refractivity contribution in [2.75, 3.05) is 0 Å². The second-order valence-electron chi connectivity index (χ2n) is 4.21. The van der Waals surface area contributed by atoms with Gasteiger partial charge in [0.2, 0.25) is 5.89 Å². The van der Waals surface area contributed by atoms with Crippen LogP contribution in [0.4, 0.5) is 0 Å². The van der Waals surface area contributed by atoms with Crippen LogP contribution in [0.3, 0.4) is 0 Å². The van der Waals surface area contributed by atoms with Crippen molar-refractivity contribution < 1.29 is 4.52 Å². The average Bonchev–Trinajstić information content (AvgIpc) is 2.87. The number of hydrogen-bond donors (Lipinski definition) is 0. The van der Waals surface area contributed by atoms with Crippen molar-refractivity contribution >= 4 is 0 Å². The Hall–Kier alpha value is -1.65. The Morgan fingerprint density at radius 2 is 2.25 bits per heavy atom. The smallest absolute Gasteiger partial charge is 0.246 e. The first-order valence-electron chi connectivity index (χ1n) is 5.65. The van der Waals surface area contributed by atoms with Crippen LogP contribution in [0, 0.1) is 6.92 Å². The summed E-state index contributed by atoms with van der Waals surface area (Å²) in [7, 11) is 0. The summed E-state index contributed by atoms with van der Waals surface area (Å²) >= 11 is 0. The Labute approximate surface area is 93.5 Å². The summed E-state index contributed by atoms with van der Waals surface area (Å²) in [4.78, 5) is 8.64. The molecule has 3 rings (SSSR count). The van der Waals surface area contributed by atoms with Crippen LogP contribution < -0.4 is 0 Å². The van der Waals surface area contributed by atoms with Crippen LogP contribution in [0.15, 0.2) is 10.9 Å². The monoisotopic (exact) mass is 218 g/mol. The third-order valence-electron chi connectivity index (χ3n) is 2.99. The molecule has 1 aliphatic rings. The van der Waals surface area contributed by atoms with Crippen molar-refractivity contribution in [3.8, 4) is 0 Å². The topological polar surface area (TPSA) is 56.7 Å². The van der Waals surface area contributed by atoms with Gasteiger partial charge < -0.3 is 9.09 Å². The fourth-order valence-electron chi connectivity index (χ4n) is 2.22. The average molecular weight is 218 g/mol. The van der Waals surface area contributed by atoms with Crippen molar-refractivity contribution in [3.05, 3.63) is 29.4 Å². The number of nitrogens with zero attached hydrogens (tertiary/aromatic N) is 4. The van der Waals surface area contributed by atoms with E-state index >= 15 is 0 Å². The molecule has 0 aromatic carbocycles. The largest absolute Gasteiger partial charge is 0.337 e. The molecule has 0 fully saturated rings. The summed E-state index contributed by atoms with van der Waals surface area (Å²) in [5.41, 5.74) is 2.57. The molecule has 16 heavy (non-hydrogen) atoms. The minimum absolute atomic E-state index is 0.642. The quantitative estimate of drug-likeness (QED) is 0.766. The molecule has 84 valence electrons. The Bertz CT molecular complexity index is 500. The number of aryl methyl sites for hydroxylation is 2. The molecule has 0 aliphatic heterocycles. The minimum atomic E-state index is 0.642. The zero-order valence-electron chi connectivity index (χ0n) is 9.31. The standard InChI is InChI=1S/C11H14N4O/c1-8-13-11(16-14-8)6-15-7-12-9-4-2-3-5-10(9)15/h7H,2-6H2,1H3. The van der Waals surface area contributed by atoms with Crippen LogP contribution in [-0.4, -0.2) is 19.7 Å². The number of fused-ring (bicyclic) bond motifs is 1. The van der Waals surface area contributed by atoms with Crippen molar-refractivity contribution in [1.82, 2.24) is 19.7 Å². The SMILES string of the molecule is Cc1noc(Cn2cnc3c2CCCC3)n1. The Kier molecular flexibility index (Phi) is 2.23. The highest BCUT2D eigenvalue weighted by atomic mass is 16.5. The van der Waals surface area contributed by atoms with Crippen LogP contribution in [-0.2, 0) is 19.4 Å². The maximum Gasteiger partial charge on any atom is 0.246 e. The maximum absolute atomic E-state index is 5.12. The van der Waals surface area contributed by atoms with E-state index in [0.29, 0.717) is 18.3 Å². The summed E-state index contributed by atoms with van der Waals surface area (Å²) in [5, 5.41) is 3.79. The van der Waals surface area contributed by atoms with Gasteiger partial charge in [0.15, 0.2) is 5.82 Å². The van der Waals surface area contributed by atoms with E-state index in [1.54, 1.807) is 0 Å². The lowest BCUT2D eigenvalue weighted by atomic mass is 10.0. The highest BCUT2D eigenvalue weighted by molar-refractivity contribution is 5.16. The zero-order chi connectivity index (χ0) is 11.0. The molecule has 0 spiro atoms. The molecule has 2 aromatic rings. The molecule has 2 heterocycles. The molecule has 0 unspecified atom stereocenters. The van der Waals surface area contributed by atoms with Crippen LogP contribution in [0.5, 0.6) is 0 Å². The van der Waals surface area contributed by atoms with Crippen molar-refractivity contribution in [1.29, 1.82) is 0 Å².